The number of carbonyl (C=O) groups excluding carboxylic acids is 2. The first-order chi connectivity index (χ1) is 5.70. The van der Waals surface area contributed by atoms with E-state index in [4.69, 9.17) is 0 Å². The van der Waals surface area contributed by atoms with E-state index in [1.165, 1.54) is 0 Å². The van der Waals surface area contributed by atoms with Crippen molar-refractivity contribution >= 4 is 11.9 Å². The maximum Gasteiger partial charge on any atom is 0.306 e. The van der Waals surface area contributed by atoms with Crippen LogP contribution in [0.25, 0.3) is 0 Å². The maximum atomic E-state index is 10.7. The van der Waals surface area contributed by atoms with E-state index in [-0.39, 0.29) is 30.3 Å². The molecule has 0 spiro atoms. The lowest BCUT2D eigenvalue weighted by molar-refractivity contribution is -0.149. The van der Waals surface area contributed by atoms with Gasteiger partial charge in [-0.2, -0.15) is 0 Å². The molecule has 0 aliphatic carbocycles. The molecule has 0 bridgehead atoms. The summed E-state index contributed by atoms with van der Waals surface area (Å²) in [5.41, 5.74) is 0. The third kappa shape index (κ3) is 8.81. The average Bonchev–Trinajstić information content (AvgIpc) is 2.02. The van der Waals surface area contributed by atoms with Gasteiger partial charge in [-0.3, -0.25) is 9.59 Å². The Bertz CT molecular complexity index is 137. The van der Waals surface area contributed by atoms with Crippen molar-refractivity contribution in [2.45, 2.75) is 26.7 Å². The molecule has 0 radical (unpaired) electrons. The fourth-order valence-electron chi connectivity index (χ4n) is 0.670. The number of carbonyl (C=O) groups is 2. The first-order valence-corrected chi connectivity index (χ1v) is 4.02. The van der Waals surface area contributed by atoms with Gasteiger partial charge in [-0.1, -0.05) is 0 Å². The highest BCUT2D eigenvalue weighted by molar-refractivity contribution is 5.77. The quantitative estimate of drug-likeness (QED) is 0.577. The molecule has 0 rings (SSSR count). The van der Waals surface area contributed by atoms with Gasteiger partial charge in [-0.15, -0.1) is 0 Å². The summed E-state index contributed by atoms with van der Waals surface area (Å²) in [6.07, 6.45) is 0.208. The zero-order chi connectivity index (χ0) is 9.40. The molecule has 0 aliphatic rings. The summed E-state index contributed by atoms with van der Waals surface area (Å²) in [5, 5.41) is 0. The number of ether oxygens (including phenoxy) is 2. The van der Waals surface area contributed by atoms with Crippen molar-refractivity contribution in [2.75, 3.05) is 13.2 Å². The van der Waals surface area contributed by atoms with Gasteiger partial charge in [0.2, 0.25) is 0 Å². The van der Waals surface area contributed by atoms with Gasteiger partial charge in [-0.25, -0.2) is 0 Å². The van der Waals surface area contributed by atoms with Crippen LogP contribution in [0.1, 0.15) is 26.7 Å². The van der Waals surface area contributed by atoms with E-state index < -0.39 is 0 Å². The van der Waals surface area contributed by atoms with Crippen LogP contribution < -0.4 is 0 Å². The third-order valence-corrected chi connectivity index (χ3v) is 1.14. The summed E-state index contributed by atoms with van der Waals surface area (Å²) < 4.78 is 9.25. The fraction of sp³-hybridized carbons (Fsp3) is 0.750. The highest BCUT2D eigenvalue weighted by Gasteiger charge is 2.06. The van der Waals surface area contributed by atoms with Gasteiger partial charge in [0.25, 0.3) is 0 Å². The second-order valence-corrected chi connectivity index (χ2v) is 2.11. The maximum absolute atomic E-state index is 10.7. The molecule has 0 amide bonds. The van der Waals surface area contributed by atoms with Gasteiger partial charge in [0.1, 0.15) is 0 Å². The molecule has 0 aromatic rings. The molecule has 0 unspecified atom stereocenters. The van der Waals surface area contributed by atoms with Crippen LogP contribution in [0.4, 0.5) is 0 Å². The van der Waals surface area contributed by atoms with E-state index >= 15 is 0 Å². The Hall–Kier alpha value is -1.10. The zero-order valence-corrected chi connectivity index (χ0v) is 7.96. The Morgan fingerprint density at radius 2 is 1.23 bits per heavy atom. The van der Waals surface area contributed by atoms with Gasteiger partial charge in [0.15, 0.2) is 0 Å². The Morgan fingerprint density at radius 1 is 0.923 bits per heavy atom. The lowest BCUT2D eigenvalue weighted by Gasteiger charge is -2.01. The lowest BCUT2D eigenvalue weighted by Crippen LogP contribution is -2.09. The third-order valence-electron chi connectivity index (χ3n) is 1.14. The molecule has 0 saturated carbocycles. The van der Waals surface area contributed by atoms with Gasteiger partial charge >= 0.3 is 11.9 Å². The molecule has 0 fully saturated rings. The van der Waals surface area contributed by atoms with E-state index in [0.29, 0.717) is 13.2 Å². The Morgan fingerprint density at radius 3 is 1.46 bits per heavy atom. The molecule has 2 N–H and O–H groups in total. The predicted molar refractivity (Wildman–Crippen MR) is 46.1 cm³/mol. The first-order valence-electron chi connectivity index (χ1n) is 4.02. The van der Waals surface area contributed by atoms with E-state index in [1.807, 2.05) is 0 Å². The lowest BCUT2D eigenvalue weighted by atomic mass is 10.3. The van der Waals surface area contributed by atoms with Crippen LogP contribution in [-0.4, -0.2) is 30.6 Å². The van der Waals surface area contributed by atoms with Crippen molar-refractivity contribution in [3.05, 3.63) is 0 Å². The van der Waals surface area contributed by atoms with Crippen LogP contribution >= 0.6 is 0 Å². The molecule has 5 heteroatoms. The van der Waals surface area contributed by atoms with E-state index in [2.05, 4.69) is 9.47 Å². The molecular weight excluding hydrogens is 176 g/mol. The van der Waals surface area contributed by atoms with Crippen molar-refractivity contribution in [2.24, 2.45) is 0 Å². The Labute approximate surface area is 77.3 Å². The summed E-state index contributed by atoms with van der Waals surface area (Å²) in [5.74, 6) is -0.712. The summed E-state index contributed by atoms with van der Waals surface area (Å²) in [6.45, 7) is 4.15. The molecule has 5 nitrogen and oxygen atoms in total. The minimum Gasteiger partial charge on any atom is -0.466 e. The topological polar surface area (TPSA) is 84.1 Å². The van der Waals surface area contributed by atoms with Crippen molar-refractivity contribution in [3.63, 3.8) is 0 Å². The average molecular weight is 192 g/mol. The van der Waals surface area contributed by atoms with Crippen LogP contribution in [0.3, 0.4) is 0 Å². The molecule has 0 aromatic carbocycles. The SMILES string of the molecule is CCOC(=O)CCC(=O)OCC.O. The smallest absolute Gasteiger partial charge is 0.306 e. The summed E-state index contributed by atoms with van der Waals surface area (Å²) in [4.78, 5) is 21.4. The van der Waals surface area contributed by atoms with Gasteiger partial charge in [0.05, 0.1) is 26.1 Å². The summed E-state index contributed by atoms with van der Waals surface area (Å²) >= 11 is 0. The number of hydrogen-bond acceptors (Lipinski definition) is 4. The van der Waals surface area contributed by atoms with E-state index in [0.717, 1.165) is 0 Å². The molecule has 0 aromatic heterocycles. The summed E-state index contributed by atoms with van der Waals surface area (Å²) in [6, 6.07) is 0. The van der Waals surface area contributed by atoms with Gasteiger partial charge in [-0.05, 0) is 13.8 Å². The van der Waals surface area contributed by atoms with Crippen LogP contribution in [0.15, 0.2) is 0 Å². The molecule has 0 atom stereocenters. The van der Waals surface area contributed by atoms with Gasteiger partial charge < -0.3 is 14.9 Å². The van der Waals surface area contributed by atoms with Crippen LogP contribution in [0, 0.1) is 0 Å². The van der Waals surface area contributed by atoms with Gasteiger partial charge in [0, 0.05) is 0 Å². The van der Waals surface area contributed by atoms with E-state index in [9.17, 15) is 9.59 Å². The second kappa shape index (κ2) is 8.99. The first kappa shape index (κ1) is 14.4. The largest absolute Gasteiger partial charge is 0.466 e. The number of rotatable bonds is 5. The van der Waals surface area contributed by atoms with Crippen molar-refractivity contribution < 1.29 is 24.5 Å². The van der Waals surface area contributed by atoms with Crippen LogP contribution in [0.2, 0.25) is 0 Å². The molecular formula is C8H16O5. The van der Waals surface area contributed by atoms with Crippen molar-refractivity contribution in [1.82, 2.24) is 0 Å². The highest BCUT2D eigenvalue weighted by Crippen LogP contribution is 1.95. The molecule has 0 saturated heterocycles. The zero-order valence-electron chi connectivity index (χ0n) is 7.96. The predicted octanol–water partition coefficient (Wildman–Crippen LogP) is 0.0681. The molecule has 0 heterocycles. The monoisotopic (exact) mass is 192 g/mol. The number of esters is 2. The summed E-state index contributed by atoms with van der Waals surface area (Å²) in [7, 11) is 0. The Balaban J connectivity index is 0. The minimum absolute atomic E-state index is 0. The normalized spacial score (nSPS) is 8.46. The second-order valence-electron chi connectivity index (χ2n) is 2.11. The molecule has 78 valence electrons. The van der Waals surface area contributed by atoms with Crippen LogP contribution in [-0.2, 0) is 19.1 Å². The number of hydrogen-bond donors (Lipinski definition) is 0. The van der Waals surface area contributed by atoms with Crippen LogP contribution in [0.5, 0.6) is 0 Å². The minimum atomic E-state index is -0.356. The standard InChI is InChI=1S/C8H14O4.H2O/c1-3-11-7(9)5-6-8(10)12-4-2;/h3-6H2,1-2H3;1H2. The molecule has 13 heavy (non-hydrogen) atoms. The highest BCUT2D eigenvalue weighted by atomic mass is 16.5. The fourth-order valence-corrected chi connectivity index (χ4v) is 0.670. The Kier molecular flexibility index (Phi) is 9.98. The van der Waals surface area contributed by atoms with E-state index in [1.54, 1.807) is 13.8 Å². The molecule has 0 aliphatic heterocycles. The van der Waals surface area contributed by atoms with Crippen molar-refractivity contribution in [1.29, 1.82) is 0 Å². The van der Waals surface area contributed by atoms with Crippen molar-refractivity contribution in [3.8, 4) is 0 Å².